The van der Waals surface area contributed by atoms with Gasteiger partial charge in [-0.25, -0.2) is 13.4 Å². The van der Waals surface area contributed by atoms with Crippen molar-refractivity contribution in [1.82, 2.24) is 14.2 Å². The molecule has 0 N–H and O–H groups in total. The van der Waals surface area contributed by atoms with Gasteiger partial charge in [0.05, 0.1) is 20.7 Å². The topological polar surface area (TPSA) is 70.6 Å². The van der Waals surface area contributed by atoms with Gasteiger partial charge in [-0.3, -0.25) is 4.79 Å². The van der Waals surface area contributed by atoms with Crippen molar-refractivity contribution in [3.63, 3.8) is 0 Å². The standard InChI is InChI=1S/C19H23Cl2N3O3S2/c1-12-16(28-18(22-12)19(2,3)4)17(25)23-8-10-24(11-9-23)29(26,27)14-7-5-6-13(20)15(14)21/h5-7H,8-11H2,1-4H3. The Morgan fingerprint density at radius 1 is 1.14 bits per heavy atom. The van der Waals surface area contributed by atoms with Gasteiger partial charge in [-0.05, 0) is 19.1 Å². The van der Waals surface area contributed by atoms with E-state index in [1.807, 2.05) is 6.92 Å². The lowest BCUT2D eigenvalue weighted by Gasteiger charge is -2.34. The number of piperazine rings is 1. The van der Waals surface area contributed by atoms with E-state index in [-0.39, 0.29) is 39.4 Å². The van der Waals surface area contributed by atoms with Crippen molar-refractivity contribution in [2.45, 2.75) is 38.0 Å². The lowest BCUT2D eigenvalue weighted by atomic mass is 9.98. The molecule has 0 unspecified atom stereocenters. The smallest absolute Gasteiger partial charge is 0.265 e. The van der Waals surface area contributed by atoms with Crippen LogP contribution < -0.4 is 0 Å². The van der Waals surface area contributed by atoms with Crippen LogP contribution in [-0.2, 0) is 15.4 Å². The number of carbonyl (C=O) groups excluding carboxylic acids is 1. The number of amides is 1. The van der Waals surface area contributed by atoms with E-state index in [0.29, 0.717) is 23.7 Å². The summed E-state index contributed by atoms with van der Waals surface area (Å²) < 4.78 is 27.2. The van der Waals surface area contributed by atoms with E-state index in [0.717, 1.165) is 5.01 Å². The zero-order chi connectivity index (χ0) is 21.6. The molecule has 2 heterocycles. The molecule has 0 spiro atoms. The normalized spacial score (nSPS) is 16.3. The number of nitrogens with zero attached hydrogens (tertiary/aromatic N) is 3. The van der Waals surface area contributed by atoms with Crippen molar-refractivity contribution in [2.24, 2.45) is 0 Å². The lowest BCUT2D eigenvalue weighted by molar-refractivity contribution is 0.0702. The van der Waals surface area contributed by atoms with Crippen molar-refractivity contribution in [3.8, 4) is 0 Å². The number of hydrogen-bond donors (Lipinski definition) is 0. The van der Waals surface area contributed by atoms with E-state index < -0.39 is 10.0 Å². The number of sulfonamides is 1. The number of hydrogen-bond acceptors (Lipinski definition) is 5. The summed E-state index contributed by atoms with van der Waals surface area (Å²) in [7, 11) is -3.78. The third-order valence-corrected chi connectivity index (χ3v) is 9.14. The lowest BCUT2D eigenvalue weighted by Crippen LogP contribution is -2.50. The molecular weight excluding hydrogens is 453 g/mol. The van der Waals surface area contributed by atoms with Gasteiger partial charge in [0.25, 0.3) is 5.91 Å². The maximum atomic E-state index is 13.0. The molecule has 0 saturated carbocycles. The van der Waals surface area contributed by atoms with E-state index in [1.165, 1.54) is 21.7 Å². The molecule has 1 aliphatic heterocycles. The van der Waals surface area contributed by atoms with Crippen LogP contribution in [0.4, 0.5) is 0 Å². The van der Waals surface area contributed by atoms with Crippen LogP contribution in [-0.4, -0.2) is 54.7 Å². The number of thiazole rings is 1. The van der Waals surface area contributed by atoms with Crippen LogP contribution in [0.1, 0.15) is 41.1 Å². The molecular formula is C19H23Cl2N3O3S2. The van der Waals surface area contributed by atoms with Crippen LogP contribution in [0.5, 0.6) is 0 Å². The summed E-state index contributed by atoms with van der Waals surface area (Å²) in [5, 5.41) is 1.12. The van der Waals surface area contributed by atoms with Gasteiger partial charge < -0.3 is 4.90 Å². The fourth-order valence-corrected chi connectivity index (χ4v) is 6.26. The van der Waals surface area contributed by atoms with Crippen LogP contribution in [0.15, 0.2) is 23.1 Å². The SMILES string of the molecule is Cc1nc(C(C)(C)C)sc1C(=O)N1CCN(S(=O)(=O)c2cccc(Cl)c2Cl)CC1. The first kappa shape index (κ1) is 22.5. The van der Waals surface area contributed by atoms with E-state index in [1.54, 1.807) is 17.0 Å². The van der Waals surface area contributed by atoms with Crippen LogP contribution in [0.3, 0.4) is 0 Å². The maximum absolute atomic E-state index is 13.0. The van der Waals surface area contributed by atoms with Gasteiger partial charge in [-0.1, -0.05) is 50.0 Å². The zero-order valence-electron chi connectivity index (χ0n) is 16.7. The number of benzene rings is 1. The van der Waals surface area contributed by atoms with E-state index in [4.69, 9.17) is 23.2 Å². The molecule has 0 radical (unpaired) electrons. The first-order valence-electron chi connectivity index (χ1n) is 9.14. The Kier molecular flexibility index (Phi) is 6.32. The molecule has 3 rings (SSSR count). The van der Waals surface area contributed by atoms with Gasteiger partial charge in [-0.2, -0.15) is 4.31 Å². The molecule has 6 nitrogen and oxygen atoms in total. The zero-order valence-corrected chi connectivity index (χ0v) is 19.8. The second kappa shape index (κ2) is 8.15. The Hall–Kier alpha value is -1.19. The molecule has 1 amide bonds. The highest BCUT2D eigenvalue weighted by molar-refractivity contribution is 7.89. The first-order chi connectivity index (χ1) is 13.4. The van der Waals surface area contributed by atoms with Crippen molar-refractivity contribution in [3.05, 3.63) is 43.8 Å². The number of aromatic nitrogens is 1. The minimum atomic E-state index is -3.78. The Morgan fingerprint density at radius 2 is 1.76 bits per heavy atom. The number of halogens is 2. The summed E-state index contributed by atoms with van der Waals surface area (Å²) in [5.74, 6) is -0.103. The van der Waals surface area contributed by atoms with Crippen LogP contribution in [0.2, 0.25) is 10.0 Å². The molecule has 1 saturated heterocycles. The van der Waals surface area contributed by atoms with Gasteiger partial charge in [-0.15, -0.1) is 11.3 Å². The molecule has 1 aromatic carbocycles. The fourth-order valence-electron chi connectivity index (χ4n) is 3.01. The summed E-state index contributed by atoms with van der Waals surface area (Å²) in [4.78, 5) is 19.8. The largest absolute Gasteiger partial charge is 0.335 e. The third kappa shape index (κ3) is 4.46. The summed E-state index contributed by atoms with van der Waals surface area (Å²) in [6, 6.07) is 4.54. The number of carbonyl (C=O) groups is 1. The second-order valence-electron chi connectivity index (χ2n) is 7.93. The Bertz CT molecular complexity index is 1040. The predicted octanol–water partition coefficient (Wildman–Crippen LogP) is 4.20. The fraction of sp³-hybridized carbons (Fsp3) is 0.474. The van der Waals surface area contributed by atoms with Crippen LogP contribution in [0, 0.1) is 6.92 Å². The molecule has 0 aliphatic carbocycles. The first-order valence-corrected chi connectivity index (χ1v) is 12.2. The Labute approximate surface area is 185 Å². The quantitative estimate of drug-likeness (QED) is 0.666. The molecule has 2 aromatic rings. The van der Waals surface area contributed by atoms with Crippen molar-refractivity contribution in [1.29, 1.82) is 0 Å². The van der Waals surface area contributed by atoms with E-state index >= 15 is 0 Å². The highest BCUT2D eigenvalue weighted by atomic mass is 35.5. The molecule has 158 valence electrons. The highest BCUT2D eigenvalue weighted by Gasteiger charge is 2.33. The van der Waals surface area contributed by atoms with Crippen molar-refractivity contribution in [2.75, 3.05) is 26.2 Å². The van der Waals surface area contributed by atoms with Gasteiger partial charge >= 0.3 is 0 Å². The molecule has 0 atom stereocenters. The van der Waals surface area contributed by atoms with Gasteiger partial charge in [0.1, 0.15) is 9.77 Å². The van der Waals surface area contributed by atoms with Crippen LogP contribution in [0.25, 0.3) is 0 Å². The van der Waals surface area contributed by atoms with Crippen LogP contribution >= 0.6 is 34.5 Å². The maximum Gasteiger partial charge on any atom is 0.265 e. The third-order valence-electron chi connectivity index (χ3n) is 4.69. The average Bonchev–Trinajstić information content (AvgIpc) is 3.05. The van der Waals surface area contributed by atoms with Crippen molar-refractivity contribution >= 4 is 50.5 Å². The monoisotopic (exact) mass is 475 g/mol. The minimum Gasteiger partial charge on any atom is -0.335 e. The Morgan fingerprint density at radius 3 is 2.31 bits per heavy atom. The summed E-state index contributed by atoms with van der Waals surface area (Å²) in [6.07, 6.45) is 0. The van der Waals surface area contributed by atoms with E-state index in [9.17, 15) is 13.2 Å². The van der Waals surface area contributed by atoms with Gasteiger partial charge in [0.15, 0.2) is 0 Å². The molecule has 1 aromatic heterocycles. The second-order valence-corrected chi connectivity index (χ2v) is 11.6. The van der Waals surface area contributed by atoms with E-state index in [2.05, 4.69) is 25.8 Å². The number of aryl methyl sites for hydroxylation is 1. The minimum absolute atomic E-state index is 0.0143. The van der Waals surface area contributed by atoms with Gasteiger partial charge in [0.2, 0.25) is 10.0 Å². The molecule has 1 aliphatic rings. The number of rotatable bonds is 3. The average molecular weight is 476 g/mol. The summed E-state index contributed by atoms with van der Waals surface area (Å²) in [5.41, 5.74) is 0.586. The predicted molar refractivity (Wildman–Crippen MR) is 117 cm³/mol. The molecule has 29 heavy (non-hydrogen) atoms. The molecule has 10 heteroatoms. The summed E-state index contributed by atoms with van der Waals surface area (Å²) in [6.45, 7) is 9.01. The van der Waals surface area contributed by atoms with Crippen molar-refractivity contribution < 1.29 is 13.2 Å². The molecule has 1 fully saturated rings. The summed E-state index contributed by atoms with van der Waals surface area (Å²) >= 11 is 13.5. The Balaban J connectivity index is 1.75. The molecule has 0 bridgehead atoms. The highest BCUT2D eigenvalue weighted by Crippen LogP contribution is 2.32. The van der Waals surface area contributed by atoms with Gasteiger partial charge in [0, 0.05) is 31.6 Å².